The van der Waals surface area contributed by atoms with E-state index in [1.165, 1.54) is 32.3 Å². The van der Waals surface area contributed by atoms with E-state index in [0.29, 0.717) is 11.6 Å². The fourth-order valence-corrected chi connectivity index (χ4v) is 3.84. The quantitative estimate of drug-likeness (QED) is 0.726. The van der Waals surface area contributed by atoms with Crippen LogP contribution in [0.25, 0.3) is 0 Å². The van der Waals surface area contributed by atoms with Crippen LogP contribution < -0.4 is 9.44 Å². The molecule has 0 atom stereocenters. The standard InChI is InChI=1S/C16H18F3N3O4S2/c1-11-7-8-14(10-15(11)21-28(25,26)22(2)3)27(23,24)20-13-6-4-5-12(9-13)16(17,18)19/h4-10,20-21H,1-3H3. The first-order chi connectivity index (χ1) is 12.7. The average molecular weight is 437 g/mol. The maximum atomic E-state index is 12.8. The minimum atomic E-state index is -4.62. The van der Waals surface area contributed by atoms with Gasteiger partial charge in [-0.25, -0.2) is 8.42 Å². The maximum Gasteiger partial charge on any atom is 0.416 e. The van der Waals surface area contributed by atoms with Crippen LogP contribution in [0.15, 0.2) is 47.4 Å². The summed E-state index contributed by atoms with van der Waals surface area (Å²) in [7, 11) is -5.53. The van der Waals surface area contributed by atoms with Gasteiger partial charge in [-0.1, -0.05) is 12.1 Å². The molecule has 2 N–H and O–H groups in total. The summed E-state index contributed by atoms with van der Waals surface area (Å²) >= 11 is 0. The third-order valence-corrected chi connectivity index (χ3v) is 6.50. The van der Waals surface area contributed by atoms with Gasteiger partial charge < -0.3 is 0 Å². The number of halogens is 3. The number of alkyl halides is 3. The zero-order chi connectivity index (χ0) is 21.3. The van der Waals surface area contributed by atoms with Crippen molar-refractivity contribution in [3.63, 3.8) is 0 Å². The van der Waals surface area contributed by atoms with Gasteiger partial charge in [-0.05, 0) is 42.8 Å². The molecule has 0 aliphatic rings. The van der Waals surface area contributed by atoms with Gasteiger partial charge in [0.15, 0.2) is 0 Å². The molecular weight excluding hydrogens is 419 g/mol. The van der Waals surface area contributed by atoms with E-state index >= 15 is 0 Å². The highest BCUT2D eigenvalue weighted by molar-refractivity contribution is 7.92. The molecule has 12 heteroatoms. The molecule has 0 fully saturated rings. The Labute approximate surface area is 161 Å². The number of benzene rings is 2. The van der Waals surface area contributed by atoms with E-state index in [2.05, 4.69) is 9.44 Å². The summed E-state index contributed by atoms with van der Waals surface area (Å²) in [4.78, 5) is -0.313. The molecule has 28 heavy (non-hydrogen) atoms. The van der Waals surface area contributed by atoms with Gasteiger partial charge in [0.1, 0.15) is 0 Å². The number of rotatable bonds is 6. The minimum Gasteiger partial charge on any atom is -0.280 e. The maximum absolute atomic E-state index is 12.8. The van der Waals surface area contributed by atoms with Crippen molar-refractivity contribution in [1.29, 1.82) is 0 Å². The van der Waals surface area contributed by atoms with Gasteiger partial charge in [-0.3, -0.25) is 9.44 Å². The van der Waals surface area contributed by atoms with E-state index < -0.39 is 32.0 Å². The smallest absolute Gasteiger partial charge is 0.280 e. The molecule has 0 aliphatic heterocycles. The number of aryl methyl sites for hydroxylation is 1. The van der Waals surface area contributed by atoms with E-state index in [4.69, 9.17) is 0 Å². The van der Waals surface area contributed by atoms with Crippen LogP contribution in [0.4, 0.5) is 24.5 Å². The van der Waals surface area contributed by atoms with Crippen LogP contribution in [0.3, 0.4) is 0 Å². The first-order valence-electron chi connectivity index (χ1n) is 7.73. The van der Waals surface area contributed by atoms with Crippen molar-refractivity contribution in [2.45, 2.75) is 18.0 Å². The first-order valence-corrected chi connectivity index (χ1v) is 10.7. The van der Waals surface area contributed by atoms with Gasteiger partial charge in [0, 0.05) is 19.8 Å². The lowest BCUT2D eigenvalue weighted by Crippen LogP contribution is -2.29. The van der Waals surface area contributed by atoms with Crippen molar-refractivity contribution in [2.75, 3.05) is 23.5 Å². The lowest BCUT2D eigenvalue weighted by Gasteiger charge is -2.16. The number of hydrogen-bond donors (Lipinski definition) is 2. The number of anilines is 2. The summed E-state index contributed by atoms with van der Waals surface area (Å²) in [5.74, 6) is 0. The molecule has 0 saturated carbocycles. The summed E-state index contributed by atoms with van der Waals surface area (Å²) in [6, 6.07) is 7.43. The first kappa shape index (κ1) is 22.0. The van der Waals surface area contributed by atoms with Crippen molar-refractivity contribution in [3.8, 4) is 0 Å². The molecule has 0 aromatic heterocycles. The van der Waals surface area contributed by atoms with Crippen molar-refractivity contribution in [1.82, 2.24) is 4.31 Å². The van der Waals surface area contributed by atoms with E-state index in [1.54, 1.807) is 6.92 Å². The highest BCUT2D eigenvalue weighted by Crippen LogP contribution is 2.31. The van der Waals surface area contributed by atoms with Crippen LogP contribution in [-0.2, 0) is 26.4 Å². The van der Waals surface area contributed by atoms with E-state index in [-0.39, 0.29) is 16.3 Å². The highest BCUT2D eigenvalue weighted by atomic mass is 32.2. The Morgan fingerprint density at radius 3 is 2.14 bits per heavy atom. The summed E-state index contributed by atoms with van der Waals surface area (Å²) in [5, 5.41) is 0. The van der Waals surface area contributed by atoms with Gasteiger partial charge >= 0.3 is 16.4 Å². The molecule has 0 aliphatic carbocycles. The Bertz CT molecular complexity index is 1080. The molecule has 2 aromatic carbocycles. The number of nitrogens with one attached hydrogen (secondary N) is 2. The molecule has 0 amide bonds. The van der Waals surface area contributed by atoms with Gasteiger partial charge in [-0.2, -0.15) is 25.9 Å². The van der Waals surface area contributed by atoms with E-state index in [9.17, 15) is 30.0 Å². The Morgan fingerprint density at radius 1 is 0.929 bits per heavy atom. The van der Waals surface area contributed by atoms with Crippen molar-refractivity contribution < 1.29 is 30.0 Å². The van der Waals surface area contributed by atoms with E-state index in [1.807, 2.05) is 0 Å². The van der Waals surface area contributed by atoms with Crippen molar-refractivity contribution in [3.05, 3.63) is 53.6 Å². The second kappa shape index (κ2) is 7.60. The zero-order valence-electron chi connectivity index (χ0n) is 15.1. The Kier molecular flexibility index (Phi) is 5.97. The molecule has 0 unspecified atom stereocenters. The normalized spacial score (nSPS) is 12.8. The average Bonchev–Trinajstić information content (AvgIpc) is 2.55. The Hall–Kier alpha value is -2.31. The Morgan fingerprint density at radius 2 is 1.57 bits per heavy atom. The van der Waals surface area contributed by atoms with Crippen LogP contribution in [0.1, 0.15) is 11.1 Å². The number of nitrogens with zero attached hydrogens (tertiary/aromatic N) is 1. The topological polar surface area (TPSA) is 95.6 Å². The second-order valence-corrected chi connectivity index (χ2v) is 9.62. The molecule has 2 rings (SSSR count). The molecule has 0 bridgehead atoms. The highest BCUT2D eigenvalue weighted by Gasteiger charge is 2.30. The molecule has 0 heterocycles. The van der Waals surface area contributed by atoms with Gasteiger partial charge in [0.05, 0.1) is 16.1 Å². The summed E-state index contributed by atoms with van der Waals surface area (Å²) in [6.45, 7) is 1.57. The van der Waals surface area contributed by atoms with Crippen LogP contribution in [0, 0.1) is 6.92 Å². The third-order valence-electron chi connectivity index (χ3n) is 3.68. The zero-order valence-corrected chi connectivity index (χ0v) is 16.7. The predicted molar refractivity (Wildman–Crippen MR) is 99.7 cm³/mol. The van der Waals surface area contributed by atoms with Gasteiger partial charge in [-0.15, -0.1) is 0 Å². The number of sulfonamides is 1. The predicted octanol–water partition coefficient (Wildman–Crippen LogP) is 3.03. The second-order valence-electron chi connectivity index (χ2n) is 6.05. The molecular formula is C16H18F3N3O4S2. The lowest BCUT2D eigenvalue weighted by atomic mass is 10.2. The fraction of sp³-hybridized carbons (Fsp3) is 0.250. The van der Waals surface area contributed by atoms with Crippen molar-refractivity contribution >= 4 is 31.6 Å². The van der Waals surface area contributed by atoms with Crippen LogP contribution in [0.2, 0.25) is 0 Å². The minimum absolute atomic E-state index is 0.0283. The number of hydrogen-bond acceptors (Lipinski definition) is 4. The SMILES string of the molecule is Cc1ccc(S(=O)(=O)Nc2cccc(C(F)(F)F)c2)cc1NS(=O)(=O)N(C)C. The van der Waals surface area contributed by atoms with Gasteiger partial charge in [0.2, 0.25) is 0 Å². The molecule has 0 saturated heterocycles. The van der Waals surface area contributed by atoms with Crippen LogP contribution in [0.5, 0.6) is 0 Å². The lowest BCUT2D eigenvalue weighted by molar-refractivity contribution is -0.137. The molecule has 0 radical (unpaired) electrons. The summed E-state index contributed by atoms with van der Waals surface area (Å²) in [5.41, 5.74) is -0.786. The molecule has 154 valence electrons. The largest absolute Gasteiger partial charge is 0.416 e. The van der Waals surface area contributed by atoms with Crippen LogP contribution in [-0.4, -0.2) is 35.2 Å². The molecule has 2 aromatic rings. The third kappa shape index (κ3) is 5.14. The summed E-state index contributed by atoms with van der Waals surface area (Å²) in [6.07, 6.45) is -4.62. The van der Waals surface area contributed by atoms with Crippen molar-refractivity contribution in [2.24, 2.45) is 0 Å². The molecule has 7 nitrogen and oxygen atoms in total. The Balaban J connectivity index is 2.38. The fourth-order valence-electron chi connectivity index (χ4n) is 2.08. The van der Waals surface area contributed by atoms with Crippen LogP contribution >= 0.6 is 0 Å². The monoisotopic (exact) mass is 437 g/mol. The van der Waals surface area contributed by atoms with E-state index in [0.717, 1.165) is 22.5 Å². The summed E-state index contributed by atoms with van der Waals surface area (Å²) < 4.78 is 92.7. The van der Waals surface area contributed by atoms with Gasteiger partial charge in [0.25, 0.3) is 10.0 Å². The molecule has 0 spiro atoms.